The molecule has 1 N–H and O–H groups in total. The van der Waals surface area contributed by atoms with Crippen LogP contribution in [0.1, 0.15) is 53.3 Å². The standard InChI is InChI=1S/C20H22N2O4/c1-2-3-4-7-19(24)22-17-10-8-15(9-11-17)18(23)14-26-20(25)16-6-5-12-21-13-16/h5-6,8-13H,2-4,7,14H2,1H3,(H,22,24). The Morgan fingerprint density at radius 2 is 1.81 bits per heavy atom. The third kappa shape index (κ3) is 6.12. The Morgan fingerprint density at radius 3 is 2.46 bits per heavy atom. The first kappa shape index (κ1) is 19.3. The van der Waals surface area contributed by atoms with Crippen molar-refractivity contribution in [1.29, 1.82) is 0 Å². The summed E-state index contributed by atoms with van der Waals surface area (Å²) >= 11 is 0. The number of nitrogens with zero attached hydrogens (tertiary/aromatic N) is 1. The lowest BCUT2D eigenvalue weighted by atomic mass is 10.1. The first-order valence-electron chi connectivity index (χ1n) is 8.60. The smallest absolute Gasteiger partial charge is 0.340 e. The van der Waals surface area contributed by atoms with Crippen molar-refractivity contribution in [2.75, 3.05) is 11.9 Å². The van der Waals surface area contributed by atoms with Crippen molar-refractivity contribution in [3.63, 3.8) is 0 Å². The topological polar surface area (TPSA) is 85.4 Å². The summed E-state index contributed by atoms with van der Waals surface area (Å²) in [6, 6.07) is 9.71. The highest BCUT2D eigenvalue weighted by molar-refractivity contribution is 6.00. The second-order valence-electron chi connectivity index (χ2n) is 5.82. The fraction of sp³-hybridized carbons (Fsp3) is 0.300. The molecule has 2 rings (SSSR count). The number of ketones is 1. The van der Waals surface area contributed by atoms with Crippen LogP contribution in [0.25, 0.3) is 0 Å². The van der Waals surface area contributed by atoms with E-state index in [1.807, 2.05) is 0 Å². The van der Waals surface area contributed by atoms with Crippen LogP contribution in [0.15, 0.2) is 48.8 Å². The van der Waals surface area contributed by atoms with Gasteiger partial charge in [-0.15, -0.1) is 0 Å². The van der Waals surface area contributed by atoms with Gasteiger partial charge in [0.1, 0.15) is 0 Å². The van der Waals surface area contributed by atoms with Gasteiger partial charge < -0.3 is 10.1 Å². The zero-order valence-electron chi connectivity index (χ0n) is 14.7. The number of hydrogen-bond acceptors (Lipinski definition) is 5. The third-order valence-corrected chi connectivity index (χ3v) is 3.73. The number of benzene rings is 1. The van der Waals surface area contributed by atoms with Crippen LogP contribution in [-0.2, 0) is 9.53 Å². The van der Waals surface area contributed by atoms with Crippen molar-refractivity contribution in [3.8, 4) is 0 Å². The lowest BCUT2D eigenvalue weighted by Crippen LogP contribution is -2.15. The van der Waals surface area contributed by atoms with Crippen molar-refractivity contribution < 1.29 is 19.1 Å². The van der Waals surface area contributed by atoms with Gasteiger partial charge in [0.05, 0.1) is 5.56 Å². The maximum Gasteiger partial charge on any atom is 0.340 e. The van der Waals surface area contributed by atoms with Gasteiger partial charge in [0, 0.05) is 30.1 Å². The van der Waals surface area contributed by atoms with E-state index in [9.17, 15) is 14.4 Å². The van der Waals surface area contributed by atoms with E-state index in [-0.39, 0.29) is 18.3 Å². The Morgan fingerprint density at radius 1 is 1.04 bits per heavy atom. The number of ether oxygens (including phenoxy) is 1. The Bertz CT molecular complexity index is 742. The normalized spacial score (nSPS) is 10.2. The Labute approximate surface area is 152 Å². The largest absolute Gasteiger partial charge is 0.454 e. The molecule has 0 saturated carbocycles. The number of carbonyl (C=O) groups excluding carboxylic acids is 3. The first-order chi connectivity index (χ1) is 12.6. The quantitative estimate of drug-likeness (QED) is 0.422. The summed E-state index contributed by atoms with van der Waals surface area (Å²) in [6.07, 6.45) is 6.37. The van der Waals surface area contributed by atoms with Gasteiger partial charge in [0.25, 0.3) is 0 Å². The molecule has 6 nitrogen and oxygen atoms in total. The number of anilines is 1. The van der Waals surface area contributed by atoms with E-state index < -0.39 is 5.97 Å². The summed E-state index contributed by atoms with van der Waals surface area (Å²) in [5, 5.41) is 2.80. The predicted molar refractivity (Wildman–Crippen MR) is 98.1 cm³/mol. The maximum absolute atomic E-state index is 12.1. The molecule has 1 amide bonds. The van der Waals surface area contributed by atoms with Crippen LogP contribution in [-0.4, -0.2) is 29.3 Å². The monoisotopic (exact) mass is 354 g/mol. The zero-order valence-corrected chi connectivity index (χ0v) is 14.7. The molecule has 0 saturated heterocycles. The molecule has 26 heavy (non-hydrogen) atoms. The zero-order chi connectivity index (χ0) is 18.8. The first-order valence-corrected chi connectivity index (χ1v) is 8.60. The van der Waals surface area contributed by atoms with Crippen molar-refractivity contribution in [3.05, 3.63) is 59.9 Å². The molecule has 0 unspecified atom stereocenters. The Kier molecular flexibility index (Phi) is 7.49. The van der Waals surface area contributed by atoms with E-state index >= 15 is 0 Å². The highest BCUT2D eigenvalue weighted by atomic mass is 16.5. The lowest BCUT2D eigenvalue weighted by molar-refractivity contribution is -0.116. The van der Waals surface area contributed by atoms with Crippen LogP contribution in [0.3, 0.4) is 0 Å². The summed E-state index contributed by atoms with van der Waals surface area (Å²) in [6.45, 7) is 1.73. The van der Waals surface area contributed by atoms with Gasteiger partial charge in [-0.1, -0.05) is 19.8 Å². The molecule has 136 valence electrons. The SMILES string of the molecule is CCCCCC(=O)Nc1ccc(C(=O)COC(=O)c2cccnc2)cc1. The van der Waals surface area contributed by atoms with Crippen LogP contribution < -0.4 is 5.32 Å². The highest BCUT2D eigenvalue weighted by Crippen LogP contribution is 2.12. The van der Waals surface area contributed by atoms with Crippen molar-refractivity contribution in [1.82, 2.24) is 4.98 Å². The number of rotatable bonds is 9. The third-order valence-electron chi connectivity index (χ3n) is 3.73. The van der Waals surface area contributed by atoms with Crippen LogP contribution >= 0.6 is 0 Å². The fourth-order valence-electron chi connectivity index (χ4n) is 2.28. The molecule has 0 fully saturated rings. The summed E-state index contributed by atoms with van der Waals surface area (Å²) < 4.78 is 5.00. The van der Waals surface area contributed by atoms with Gasteiger partial charge in [-0.25, -0.2) is 4.79 Å². The number of Topliss-reactive ketones (excluding diaryl/α,β-unsaturated/α-hetero) is 1. The number of carbonyl (C=O) groups is 3. The van der Waals surface area contributed by atoms with E-state index in [0.29, 0.717) is 23.2 Å². The highest BCUT2D eigenvalue weighted by Gasteiger charge is 2.12. The van der Waals surface area contributed by atoms with Gasteiger partial charge >= 0.3 is 5.97 Å². The summed E-state index contributed by atoms with van der Waals surface area (Å²) in [4.78, 5) is 39.5. The minimum absolute atomic E-state index is 0.0390. The second-order valence-corrected chi connectivity index (χ2v) is 5.82. The van der Waals surface area contributed by atoms with Crippen LogP contribution in [0.5, 0.6) is 0 Å². The molecular weight excluding hydrogens is 332 g/mol. The van der Waals surface area contributed by atoms with Crippen LogP contribution in [0, 0.1) is 0 Å². The Balaban J connectivity index is 1.82. The van der Waals surface area contributed by atoms with Gasteiger partial charge in [0.2, 0.25) is 5.91 Å². The fourth-order valence-corrected chi connectivity index (χ4v) is 2.28. The number of amides is 1. The van der Waals surface area contributed by atoms with Crippen molar-refractivity contribution in [2.45, 2.75) is 32.6 Å². The average Bonchev–Trinajstić information content (AvgIpc) is 2.67. The summed E-state index contributed by atoms with van der Waals surface area (Å²) in [7, 11) is 0. The summed E-state index contributed by atoms with van der Waals surface area (Å²) in [5.74, 6) is -0.951. The van der Waals surface area contributed by atoms with Gasteiger partial charge in [-0.3, -0.25) is 14.6 Å². The molecule has 1 heterocycles. The van der Waals surface area contributed by atoms with Crippen molar-refractivity contribution >= 4 is 23.3 Å². The average molecular weight is 354 g/mol. The molecular formula is C20H22N2O4. The van der Waals surface area contributed by atoms with E-state index in [1.54, 1.807) is 42.6 Å². The minimum atomic E-state index is -0.595. The van der Waals surface area contributed by atoms with Crippen LogP contribution in [0.2, 0.25) is 0 Å². The van der Waals surface area contributed by atoms with E-state index in [4.69, 9.17) is 4.74 Å². The van der Waals surface area contributed by atoms with Crippen LogP contribution in [0.4, 0.5) is 5.69 Å². The molecule has 0 aliphatic rings. The Hall–Kier alpha value is -3.02. The van der Waals surface area contributed by atoms with Gasteiger partial charge in [-0.05, 0) is 42.8 Å². The summed E-state index contributed by atoms with van der Waals surface area (Å²) in [5.41, 5.74) is 1.34. The maximum atomic E-state index is 12.1. The minimum Gasteiger partial charge on any atom is -0.454 e. The lowest BCUT2D eigenvalue weighted by Gasteiger charge is -2.07. The molecule has 0 bridgehead atoms. The number of esters is 1. The number of hydrogen-bond donors (Lipinski definition) is 1. The molecule has 0 aliphatic carbocycles. The van der Waals surface area contributed by atoms with Gasteiger partial charge in [-0.2, -0.15) is 0 Å². The van der Waals surface area contributed by atoms with E-state index in [0.717, 1.165) is 19.3 Å². The van der Waals surface area contributed by atoms with E-state index in [2.05, 4.69) is 17.2 Å². The molecule has 6 heteroatoms. The molecule has 1 aromatic heterocycles. The van der Waals surface area contributed by atoms with E-state index in [1.165, 1.54) is 6.20 Å². The molecule has 1 aromatic carbocycles. The molecule has 0 radical (unpaired) electrons. The number of pyridine rings is 1. The van der Waals surface area contributed by atoms with Gasteiger partial charge in [0.15, 0.2) is 12.4 Å². The molecule has 0 spiro atoms. The molecule has 0 aliphatic heterocycles. The van der Waals surface area contributed by atoms with Crippen molar-refractivity contribution in [2.24, 2.45) is 0 Å². The molecule has 2 aromatic rings. The molecule has 0 atom stereocenters. The predicted octanol–water partition coefficient (Wildman–Crippen LogP) is 3.64. The number of aromatic nitrogens is 1. The number of unbranched alkanes of at least 4 members (excludes halogenated alkanes) is 2. The second kappa shape index (κ2) is 10.1. The number of nitrogens with one attached hydrogen (secondary N) is 1.